The van der Waals surface area contributed by atoms with Gasteiger partial charge in [-0.25, -0.2) is 4.79 Å². The van der Waals surface area contributed by atoms with Gasteiger partial charge in [0.2, 0.25) is 0 Å². The van der Waals surface area contributed by atoms with E-state index in [1.165, 1.54) is 11.3 Å². The van der Waals surface area contributed by atoms with Crippen LogP contribution in [0.5, 0.6) is 0 Å². The molecule has 1 aromatic carbocycles. The maximum Gasteiger partial charge on any atom is 0.312 e. The molecule has 17 heavy (non-hydrogen) atoms. The van der Waals surface area contributed by atoms with Crippen LogP contribution in [0.15, 0.2) is 24.3 Å². The van der Waals surface area contributed by atoms with E-state index >= 15 is 0 Å². The van der Waals surface area contributed by atoms with Crippen LogP contribution in [0.25, 0.3) is 0 Å². The first-order valence-corrected chi connectivity index (χ1v) is 5.60. The second-order valence-corrected chi connectivity index (χ2v) is 4.03. The van der Waals surface area contributed by atoms with Crippen molar-refractivity contribution in [3.63, 3.8) is 0 Å². The third kappa shape index (κ3) is 5.21. The van der Waals surface area contributed by atoms with Crippen molar-refractivity contribution in [1.29, 1.82) is 0 Å². The van der Waals surface area contributed by atoms with Crippen LogP contribution >= 0.6 is 0 Å². The van der Waals surface area contributed by atoms with Crippen molar-refractivity contribution in [3.05, 3.63) is 29.8 Å². The van der Waals surface area contributed by atoms with Crippen LogP contribution in [0.3, 0.4) is 0 Å². The molecule has 0 fully saturated rings. The molecule has 5 heteroatoms. The molecule has 0 aliphatic heterocycles. The lowest BCUT2D eigenvalue weighted by Crippen LogP contribution is -2.35. The van der Waals surface area contributed by atoms with Gasteiger partial charge in [0.1, 0.15) is 0 Å². The van der Waals surface area contributed by atoms with Crippen LogP contribution in [0.2, 0.25) is 0 Å². The molecule has 0 atom stereocenters. The quantitative estimate of drug-likeness (QED) is 0.630. The fraction of sp³-hybridized carbons (Fsp3) is 0.417. The predicted octanol–water partition coefficient (Wildman–Crippen LogP) is 0.511. The summed E-state index contributed by atoms with van der Waals surface area (Å²) < 4.78 is 0. The van der Waals surface area contributed by atoms with Crippen molar-refractivity contribution < 1.29 is 4.79 Å². The highest BCUT2D eigenvalue weighted by Crippen LogP contribution is 2.11. The first kappa shape index (κ1) is 13.3. The van der Waals surface area contributed by atoms with Gasteiger partial charge >= 0.3 is 6.03 Å². The highest BCUT2D eigenvalue weighted by Gasteiger charge is 1.96. The van der Waals surface area contributed by atoms with E-state index in [9.17, 15) is 4.79 Å². The lowest BCUT2D eigenvalue weighted by molar-refractivity contribution is 0.249. The zero-order valence-electron chi connectivity index (χ0n) is 10.4. The van der Waals surface area contributed by atoms with Crippen LogP contribution in [0, 0.1) is 0 Å². The first-order chi connectivity index (χ1) is 8.09. The molecule has 0 aromatic heterocycles. The molecule has 0 saturated carbocycles. The van der Waals surface area contributed by atoms with E-state index in [1.54, 1.807) is 0 Å². The molecule has 0 bridgehead atoms. The average Bonchev–Trinajstić information content (AvgIpc) is 2.29. The van der Waals surface area contributed by atoms with Crippen LogP contribution in [-0.4, -0.2) is 33.2 Å². The van der Waals surface area contributed by atoms with Gasteiger partial charge in [0.25, 0.3) is 0 Å². The van der Waals surface area contributed by atoms with E-state index < -0.39 is 6.03 Å². The maximum absolute atomic E-state index is 10.4. The summed E-state index contributed by atoms with van der Waals surface area (Å²) in [4.78, 5) is 12.5. The number of primary amides is 1. The number of anilines is 1. The molecule has 1 aromatic rings. The molecule has 0 unspecified atom stereocenters. The Balaban J connectivity index is 2.25. The smallest absolute Gasteiger partial charge is 0.312 e. The van der Waals surface area contributed by atoms with Crippen molar-refractivity contribution in [3.8, 4) is 0 Å². The number of benzene rings is 1. The molecule has 5 nitrogen and oxygen atoms in total. The summed E-state index contributed by atoms with van der Waals surface area (Å²) in [6, 6.07) is 7.85. The second kappa shape index (κ2) is 6.75. The zero-order chi connectivity index (χ0) is 12.7. The molecule has 0 radical (unpaired) electrons. The Morgan fingerprint density at radius 2 is 1.88 bits per heavy atom. The normalized spacial score (nSPS) is 10.0. The van der Waals surface area contributed by atoms with Crippen molar-refractivity contribution >= 4 is 11.7 Å². The van der Waals surface area contributed by atoms with E-state index in [-0.39, 0.29) is 0 Å². The number of rotatable bonds is 6. The molecule has 0 aliphatic rings. The number of carbonyl (C=O) groups is 1. The topological polar surface area (TPSA) is 70.4 Å². The summed E-state index contributed by atoms with van der Waals surface area (Å²) in [5.74, 6) is 0. The summed E-state index contributed by atoms with van der Waals surface area (Å²) in [6.07, 6.45) is 0. The predicted molar refractivity (Wildman–Crippen MR) is 70.1 cm³/mol. The van der Waals surface area contributed by atoms with Gasteiger partial charge < -0.3 is 21.3 Å². The SMILES string of the molecule is CN(C)c1ccc(CNCCNC(N)=O)cc1. The summed E-state index contributed by atoms with van der Waals surface area (Å²) in [6.45, 7) is 2.04. The molecule has 0 spiro atoms. The van der Waals surface area contributed by atoms with Crippen molar-refractivity contribution in [2.24, 2.45) is 5.73 Å². The van der Waals surface area contributed by atoms with Gasteiger partial charge in [-0.15, -0.1) is 0 Å². The zero-order valence-corrected chi connectivity index (χ0v) is 10.4. The number of amides is 2. The molecule has 94 valence electrons. The first-order valence-electron chi connectivity index (χ1n) is 5.60. The van der Waals surface area contributed by atoms with Gasteiger partial charge in [-0.2, -0.15) is 0 Å². The number of nitrogens with two attached hydrogens (primary N) is 1. The maximum atomic E-state index is 10.4. The molecular formula is C12H20N4O. The lowest BCUT2D eigenvalue weighted by Gasteiger charge is -2.12. The van der Waals surface area contributed by atoms with E-state index in [1.807, 2.05) is 14.1 Å². The van der Waals surface area contributed by atoms with E-state index in [2.05, 4.69) is 39.8 Å². The standard InChI is InChI=1S/C12H20N4O/c1-16(2)11-5-3-10(4-6-11)9-14-7-8-15-12(13)17/h3-6,14H,7-9H2,1-2H3,(H3,13,15,17). The van der Waals surface area contributed by atoms with E-state index in [4.69, 9.17) is 5.73 Å². The van der Waals surface area contributed by atoms with Crippen LogP contribution in [-0.2, 0) is 6.54 Å². The van der Waals surface area contributed by atoms with E-state index in [0.717, 1.165) is 6.54 Å². The van der Waals surface area contributed by atoms with Crippen molar-refractivity contribution in [2.75, 3.05) is 32.1 Å². The minimum Gasteiger partial charge on any atom is -0.378 e. The number of nitrogens with one attached hydrogen (secondary N) is 2. The Labute approximate surface area is 102 Å². The van der Waals surface area contributed by atoms with Gasteiger partial charge in [-0.1, -0.05) is 12.1 Å². The minimum absolute atomic E-state index is 0.484. The number of nitrogens with zero attached hydrogens (tertiary/aromatic N) is 1. The fourth-order valence-electron chi connectivity index (χ4n) is 1.42. The third-order valence-electron chi connectivity index (χ3n) is 2.38. The van der Waals surface area contributed by atoms with Gasteiger partial charge in [-0.05, 0) is 17.7 Å². The second-order valence-electron chi connectivity index (χ2n) is 4.03. The number of urea groups is 1. The highest BCUT2D eigenvalue weighted by atomic mass is 16.2. The lowest BCUT2D eigenvalue weighted by atomic mass is 10.2. The monoisotopic (exact) mass is 236 g/mol. The molecular weight excluding hydrogens is 216 g/mol. The van der Waals surface area contributed by atoms with Crippen LogP contribution in [0.4, 0.5) is 10.5 Å². The molecule has 0 saturated heterocycles. The molecule has 4 N–H and O–H groups in total. The summed E-state index contributed by atoms with van der Waals surface area (Å²) >= 11 is 0. The Morgan fingerprint density at radius 1 is 1.24 bits per heavy atom. The molecule has 0 aliphatic carbocycles. The minimum atomic E-state index is -0.484. The highest BCUT2D eigenvalue weighted by molar-refractivity contribution is 5.71. The Hall–Kier alpha value is -1.75. The molecule has 0 heterocycles. The molecule has 1 rings (SSSR count). The largest absolute Gasteiger partial charge is 0.378 e. The fourth-order valence-corrected chi connectivity index (χ4v) is 1.42. The van der Waals surface area contributed by atoms with Crippen molar-refractivity contribution in [1.82, 2.24) is 10.6 Å². The van der Waals surface area contributed by atoms with Gasteiger partial charge in [0.15, 0.2) is 0 Å². The van der Waals surface area contributed by atoms with E-state index in [0.29, 0.717) is 13.1 Å². The van der Waals surface area contributed by atoms with Crippen LogP contribution in [0.1, 0.15) is 5.56 Å². The molecule has 2 amide bonds. The number of hydrogen-bond acceptors (Lipinski definition) is 3. The van der Waals surface area contributed by atoms with Crippen molar-refractivity contribution in [2.45, 2.75) is 6.54 Å². The van der Waals surface area contributed by atoms with Crippen LogP contribution < -0.4 is 21.3 Å². The number of carbonyl (C=O) groups excluding carboxylic acids is 1. The summed E-state index contributed by atoms with van der Waals surface area (Å²) in [5, 5.41) is 5.75. The van der Waals surface area contributed by atoms with Gasteiger partial charge in [0.05, 0.1) is 0 Å². The summed E-state index contributed by atoms with van der Waals surface area (Å²) in [5.41, 5.74) is 7.35. The Morgan fingerprint density at radius 3 is 2.41 bits per heavy atom. The Bertz CT molecular complexity index is 348. The number of hydrogen-bond donors (Lipinski definition) is 3. The van der Waals surface area contributed by atoms with Gasteiger partial charge in [-0.3, -0.25) is 0 Å². The average molecular weight is 236 g/mol. The Kier molecular flexibility index (Phi) is 5.29. The summed E-state index contributed by atoms with van der Waals surface area (Å²) in [7, 11) is 4.03. The third-order valence-corrected chi connectivity index (χ3v) is 2.38. The van der Waals surface area contributed by atoms with Gasteiger partial charge in [0, 0.05) is 39.4 Å².